The van der Waals surface area contributed by atoms with Crippen LogP contribution < -0.4 is 10.7 Å². The fourth-order valence-corrected chi connectivity index (χ4v) is 2.41. The zero-order valence-electron chi connectivity index (χ0n) is 15.1. The Bertz CT molecular complexity index is 829. The van der Waals surface area contributed by atoms with Gasteiger partial charge in [-0.05, 0) is 61.7 Å². The number of rotatable bonds is 6. The van der Waals surface area contributed by atoms with E-state index >= 15 is 0 Å². The van der Waals surface area contributed by atoms with Gasteiger partial charge in [0.2, 0.25) is 11.8 Å². The van der Waals surface area contributed by atoms with Crippen molar-refractivity contribution in [2.45, 2.75) is 33.6 Å². The Balaban J connectivity index is 1.82. The van der Waals surface area contributed by atoms with Crippen molar-refractivity contribution in [1.29, 1.82) is 0 Å². The molecule has 0 fully saturated rings. The van der Waals surface area contributed by atoms with Crippen LogP contribution in [0.15, 0.2) is 47.6 Å². The number of nitrogens with one attached hydrogen (secondary N) is 2. The molecular weight excluding hydrogens is 350 g/mol. The molecule has 0 spiro atoms. The minimum atomic E-state index is -0.249. The van der Waals surface area contributed by atoms with Gasteiger partial charge in [0.25, 0.3) is 0 Å². The second kappa shape index (κ2) is 9.15. The number of anilines is 1. The molecule has 0 aliphatic heterocycles. The second-order valence-electron chi connectivity index (χ2n) is 6.21. The van der Waals surface area contributed by atoms with Gasteiger partial charge < -0.3 is 5.32 Å². The fourth-order valence-electron chi connectivity index (χ4n) is 2.28. The highest BCUT2D eigenvalue weighted by molar-refractivity contribution is 6.30. The van der Waals surface area contributed by atoms with E-state index in [9.17, 15) is 9.59 Å². The topological polar surface area (TPSA) is 70.6 Å². The van der Waals surface area contributed by atoms with Crippen molar-refractivity contribution in [2.75, 3.05) is 5.32 Å². The summed E-state index contributed by atoms with van der Waals surface area (Å²) in [5.74, 6) is -0.428. The minimum Gasteiger partial charge on any atom is -0.326 e. The average Bonchev–Trinajstić information content (AvgIpc) is 2.58. The van der Waals surface area contributed by atoms with Crippen LogP contribution in [0.3, 0.4) is 0 Å². The Labute approximate surface area is 158 Å². The molecule has 2 aromatic rings. The van der Waals surface area contributed by atoms with Crippen molar-refractivity contribution in [1.82, 2.24) is 5.43 Å². The number of carbonyl (C=O) groups is 2. The summed E-state index contributed by atoms with van der Waals surface area (Å²) in [5.41, 5.74) is 6.86. The van der Waals surface area contributed by atoms with Crippen LogP contribution in [0.5, 0.6) is 0 Å². The predicted molar refractivity (Wildman–Crippen MR) is 106 cm³/mol. The SMILES string of the molecule is C/C(CC(=O)Nc1ccc(C)c(C)c1)=N\NC(=O)Cc1ccc(Cl)cc1. The molecule has 2 aromatic carbocycles. The van der Waals surface area contributed by atoms with Crippen molar-refractivity contribution < 1.29 is 9.59 Å². The maximum atomic E-state index is 12.1. The summed E-state index contributed by atoms with van der Waals surface area (Å²) in [7, 11) is 0. The molecule has 0 aliphatic carbocycles. The second-order valence-corrected chi connectivity index (χ2v) is 6.65. The number of aryl methyl sites for hydroxylation is 2. The van der Waals surface area contributed by atoms with E-state index in [1.165, 1.54) is 5.56 Å². The predicted octanol–water partition coefficient (Wildman–Crippen LogP) is 4.02. The Morgan fingerprint density at radius 1 is 1.00 bits per heavy atom. The Morgan fingerprint density at radius 3 is 2.35 bits per heavy atom. The third kappa shape index (κ3) is 6.33. The fraction of sp³-hybridized carbons (Fsp3) is 0.250. The van der Waals surface area contributed by atoms with Gasteiger partial charge in [-0.15, -0.1) is 0 Å². The van der Waals surface area contributed by atoms with E-state index in [-0.39, 0.29) is 24.7 Å². The number of hydrogen-bond donors (Lipinski definition) is 2. The zero-order valence-corrected chi connectivity index (χ0v) is 15.9. The average molecular weight is 372 g/mol. The highest BCUT2D eigenvalue weighted by atomic mass is 35.5. The number of amides is 2. The summed E-state index contributed by atoms with van der Waals surface area (Å²) < 4.78 is 0. The lowest BCUT2D eigenvalue weighted by molar-refractivity contribution is -0.120. The van der Waals surface area contributed by atoms with Crippen molar-refractivity contribution >= 4 is 34.8 Å². The van der Waals surface area contributed by atoms with Gasteiger partial charge in [0.1, 0.15) is 0 Å². The van der Waals surface area contributed by atoms with Gasteiger partial charge in [-0.2, -0.15) is 5.10 Å². The highest BCUT2D eigenvalue weighted by Gasteiger charge is 2.07. The van der Waals surface area contributed by atoms with Crippen LogP contribution >= 0.6 is 11.6 Å². The van der Waals surface area contributed by atoms with E-state index in [4.69, 9.17) is 11.6 Å². The summed E-state index contributed by atoms with van der Waals surface area (Å²) in [6.45, 7) is 5.71. The molecule has 0 aliphatic rings. The molecule has 2 N–H and O–H groups in total. The summed E-state index contributed by atoms with van der Waals surface area (Å²) in [4.78, 5) is 24.0. The number of carbonyl (C=O) groups excluding carboxylic acids is 2. The molecule has 0 saturated carbocycles. The maximum absolute atomic E-state index is 12.1. The highest BCUT2D eigenvalue weighted by Crippen LogP contribution is 2.14. The molecule has 2 rings (SSSR count). The van der Waals surface area contributed by atoms with E-state index in [0.717, 1.165) is 16.8 Å². The summed E-state index contributed by atoms with van der Waals surface area (Å²) in [5, 5.41) is 7.43. The number of hydrogen-bond acceptors (Lipinski definition) is 3. The van der Waals surface area contributed by atoms with Crippen LogP contribution in [0.2, 0.25) is 5.02 Å². The molecule has 0 unspecified atom stereocenters. The molecule has 0 heterocycles. The van der Waals surface area contributed by atoms with Gasteiger partial charge in [-0.25, -0.2) is 5.43 Å². The lowest BCUT2D eigenvalue weighted by Crippen LogP contribution is -2.22. The van der Waals surface area contributed by atoms with E-state index in [1.807, 2.05) is 32.0 Å². The monoisotopic (exact) mass is 371 g/mol. The number of nitrogens with zero attached hydrogens (tertiary/aromatic N) is 1. The van der Waals surface area contributed by atoms with E-state index in [0.29, 0.717) is 10.7 Å². The van der Waals surface area contributed by atoms with Crippen LogP contribution in [-0.4, -0.2) is 17.5 Å². The van der Waals surface area contributed by atoms with Gasteiger partial charge >= 0.3 is 0 Å². The van der Waals surface area contributed by atoms with E-state index in [1.54, 1.807) is 31.2 Å². The van der Waals surface area contributed by atoms with Crippen LogP contribution in [0.25, 0.3) is 0 Å². The first-order valence-electron chi connectivity index (χ1n) is 8.27. The van der Waals surface area contributed by atoms with E-state index < -0.39 is 0 Å². The van der Waals surface area contributed by atoms with E-state index in [2.05, 4.69) is 15.8 Å². The molecule has 0 saturated heterocycles. The standard InChI is InChI=1S/C20H22ClN3O2/c1-13-4-9-18(10-14(13)2)22-19(25)11-15(3)23-24-20(26)12-16-5-7-17(21)8-6-16/h4-10H,11-12H2,1-3H3,(H,22,25)(H,24,26)/b23-15+. The third-order valence-corrected chi connectivity index (χ3v) is 4.11. The third-order valence-electron chi connectivity index (χ3n) is 3.86. The van der Waals surface area contributed by atoms with Crippen LogP contribution in [0.1, 0.15) is 30.0 Å². The van der Waals surface area contributed by atoms with Gasteiger partial charge in [0.15, 0.2) is 0 Å². The molecule has 0 radical (unpaired) electrons. The Kier molecular flexibility index (Phi) is 6.92. The van der Waals surface area contributed by atoms with Crippen LogP contribution in [0.4, 0.5) is 5.69 Å². The molecule has 6 heteroatoms. The molecule has 5 nitrogen and oxygen atoms in total. The molecule has 2 amide bonds. The summed E-state index contributed by atoms with van der Waals surface area (Å²) in [6.07, 6.45) is 0.303. The van der Waals surface area contributed by atoms with Crippen molar-refractivity contribution in [2.24, 2.45) is 5.10 Å². The zero-order chi connectivity index (χ0) is 19.1. The lowest BCUT2D eigenvalue weighted by atomic mass is 10.1. The van der Waals surface area contributed by atoms with Gasteiger partial charge in [0, 0.05) is 16.4 Å². The van der Waals surface area contributed by atoms with Crippen molar-refractivity contribution in [3.63, 3.8) is 0 Å². The van der Waals surface area contributed by atoms with Gasteiger partial charge in [-0.3, -0.25) is 9.59 Å². The lowest BCUT2D eigenvalue weighted by Gasteiger charge is -2.08. The normalized spacial score (nSPS) is 11.2. The smallest absolute Gasteiger partial charge is 0.244 e. The van der Waals surface area contributed by atoms with Gasteiger partial charge in [-0.1, -0.05) is 29.8 Å². The van der Waals surface area contributed by atoms with Crippen LogP contribution in [-0.2, 0) is 16.0 Å². The first-order valence-corrected chi connectivity index (χ1v) is 8.65. The molecule has 136 valence electrons. The van der Waals surface area contributed by atoms with Crippen molar-refractivity contribution in [3.8, 4) is 0 Å². The van der Waals surface area contributed by atoms with Gasteiger partial charge in [0.05, 0.1) is 12.8 Å². The molecular formula is C20H22ClN3O2. The van der Waals surface area contributed by atoms with Crippen molar-refractivity contribution in [3.05, 3.63) is 64.2 Å². The minimum absolute atomic E-state index is 0.105. The number of benzene rings is 2. The molecule has 0 atom stereocenters. The Hall–Kier alpha value is -2.66. The number of halogens is 1. The number of hydrazone groups is 1. The maximum Gasteiger partial charge on any atom is 0.244 e. The molecule has 26 heavy (non-hydrogen) atoms. The first-order chi connectivity index (χ1) is 12.3. The molecule has 0 bridgehead atoms. The molecule has 0 aromatic heterocycles. The van der Waals surface area contributed by atoms with Crippen LogP contribution in [0, 0.1) is 13.8 Å². The first kappa shape index (κ1) is 19.7. The quantitative estimate of drug-likeness (QED) is 0.594. The largest absolute Gasteiger partial charge is 0.326 e. The summed E-state index contributed by atoms with van der Waals surface area (Å²) in [6, 6.07) is 12.8. The summed E-state index contributed by atoms with van der Waals surface area (Å²) >= 11 is 5.81. The Morgan fingerprint density at radius 2 is 1.69 bits per heavy atom.